The highest BCUT2D eigenvalue weighted by molar-refractivity contribution is 7.09. The number of ether oxygens (including phenoxy) is 1. The van der Waals surface area contributed by atoms with E-state index < -0.39 is 11.9 Å². The minimum atomic E-state index is -4.43. The van der Waals surface area contributed by atoms with E-state index in [0.717, 1.165) is 33.8 Å². The number of thiazole rings is 1. The summed E-state index contributed by atoms with van der Waals surface area (Å²) in [4.78, 5) is 8.05. The molecule has 0 unspecified atom stereocenters. The fourth-order valence-electron chi connectivity index (χ4n) is 2.51. The fourth-order valence-corrected chi connectivity index (χ4v) is 3.25. The van der Waals surface area contributed by atoms with Crippen LogP contribution in [-0.4, -0.2) is 34.4 Å². The molecule has 30 heavy (non-hydrogen) atoms. The number of benzene rings is 1. The number of hydrogen-bond donors (Lipinski definition) is 2. The largest absolute Gasteiger partial charge is 0.497 e. The van der Waals surface area contributed by atoms with Gasteiger partial charge in [0.2, 0.25) is 0 Å². The highest BCUT2D eigenvalue weighted by Gasteiger charge is 2.33. The Morgan fingerprint density at radius 1 is 1.20 bits per heavy atom. The lowest BCUT2D eigenvalue weighted by atomic mass is 10.3. The number of methoxy groups -OCH3 is 1. The maximum Gasteiger partial charge on any atom is 0.434 e. The second-order valence-corrected chi connectivity index (χ2v) is 7.07. The van der Waals surface area contributed by atoms with E-state index in [1.54, 1.807) is 11.8 Å². The molecule has 2 aromatic heterocycles. The zero-order valence-electron chi connectivity index (χ0n) is 16.4. The van der Waals surface area contributed by atoms with Crippen LogP contribution in [0.3, 0.4) is 0 Å². The van der Waals surface area contributed by atoms with Crippen LogP contribution in [0.1, 0.15) is 23.3 Å². The maximum absolute atomic E-state index is 12.7. The molecule has 2 heterocycles. The molecular weight excluding hydrogens is 417 g/mol. The molecule has 0 radical (unpaired) electrons. The highest BCUT2D eigenvalue weighted by Crippen LogP contribution is 2.29. The third-order valence-electron chi connectivity index (χ3n) is 3.97. The molecular formula is C19H21F3N6OS. The van der Waals surface area contributed by atoms with Gasteiger partial charge in [0.05, 0.1) is 31.6 Å². The first-order chi connectivity index (χ1) is 14.4. The van der Waals surface area contributed by atoms with E-state index >= 15 is 0 Å². The molecule has 0 bridgehead atoms. The number of nitrogens with zero attached hydrogens (tertiary/aromatic N) is 4. The molecule has 2 N–H and O–H groups in total. The van der Waals surface area contributed by atoms with Crippen molar-refractivity contribution < 1.29 is 17.9 Å². The predicted molar refractivity (Wildman–Crippen MR) is 109 cm³/mol. The van der Waals surface area contributed by atoms with Crippen molar-refractivity contribution in [2.75, 3.05) is 13.7 Å². The number of rotatable bonds is 7. The number of hydrogen-bond acceptors (Lipinski definition) is 5. The Morgan fingerprint density at radius 3 is 2.60 bits per heavy atom. The third-order valence-corrected chi connectivity index (χ3v) is 4.82. The summed E-state index contributed by atoms with van der Waals surface area (Å²) in [5.41, 5.74) is 0.757. The van der Waals surface area contributed by atoms with Gasteiger partial charge in [-0.3, -0.25) is 0 Å². The summed E-state index contributed by atoms with van der Waals surface area (Å²) in [6.45, 7) is 2.97. The summed E-state index contributed by atoms with van der Waals surface area (Å²) >= 11 is 0.953. The summed E-state index contributed by atoms with van der Waals surface area (Å²) in [5.74, 6) is 1.24. The van der Waals surface area contributed by atoms with Crippen LogP contribution >= 0.6 is 11.3 Å². The van der Waals surface area contributed by atoms with Gasteiger partial charge in [-0.15, -0.1) is 11.3 Å². The summed E-state index contributed by atoms with van der Waals surface area (Å²) in [7, 11) is 1.61. The zero-order valence-corrected chi connectivity index (χ0v) is 17.2. The molecule has 0 spiro atoms. The van der Waals surface area contributed by atoms with Gasteiger partial charge in [0.1, 0.15) is 10.8 Å². The lowest BCUT2D eigenvalue weighted by Crippen LogP contribution is -2.36. The van der Waals surface area contributed by atoms with Crippen molar-refractivity contribution in [3.05, 3.63) is 58.3 Å². The molecule has 3 aromatic rings. The lowest BCUT2D eigenvalue weighted by Gasteiger charge is -2.09. The van der Waals surface area contributed by atoms with Gasteiger partial charge in [-0.1, -0.05) is 0 Å². The second kappa shape index (κ2) is 9.61. The summed E-state index contributed by atoms with van der Waals surface area (Å²) < 4.78 is 44.9. The van der Waals surface area contributed by atoms with Gasteiger partial charge in [0.15, 0.2) is 11.7 Å². The van der Waals surface area contributed by atoms with Crippen molar-refractivity contribution in [1.82, 2.24) is 25.4 Å². The molecule has 160 valence electrons. The van der Waals surface area contributed by atoms with Crippen LogP contribution < -0.4 is 15.4 Å². The van der Waals surface area contributed by atoms with Crippen molar-refractivity contribution in [2.24, 2.45) is 4.99 Å². The highest BCUT2D eigenvalue weighted by atomic mass is 32.1. The van der Waals surface area contributed by atoms with Crippen LogP contribution in [0.25, 0.3) is 5.69 Å². The number of halogens is 3. The number of nitrogens with one attached hydrogen (secondary N) is 2. The topological polar surface area (TPSA) is 76.4 Å². The Hall–Kier alpha value is -3.08. The van der Waals surface area contributed by atoms with E-state index in [1.165, 1.54) is 0 Å². The van der Waals surface area contributed by atoms with Crippen LogP contribution in [0.15, 0.2) is 46.9 Å². The van der Waals surface area contributed by atoms with Crippen molar-refractivity contribution in [3.8, 4) is 11.4 Å². The minimum Gasteiger partial charge on any atom is -0.497 e. The van der Waals surface area contributed by atoms with Gasteiger partial charge >= 0.3 is 6.18 Å². The normalized spacial score (nSPS) is 12.1. The number of alkyl halides is 3. The van der Waals surface area contributed by atoms with Gasteiger partial charge in [-0.25, -0.2) is 14.7 Å². The van der Waals surface area contributed by atoms with E-state index in [0.29, 0.717) is 24.1 Å². The Kier molecular flexibility index (Phi) is 6.93. The van der Waals surface area contributed by atoms with Gasteiger partial charge in [0.25, 0.3) is 0 Å². The molecule has 0 atom stereocenters. The van der Waals surface area contributed by atoms with Crippen LogP contribution in [0, 0.1) is 0 Å². The van der Waals surface area contributed by atoms with Crippen LogP contribution in [0.4, 0.5) is 13.2 Å². The Morgan fingerprint density at radius 2 is 1.97 bits per heavy atom. The average molecular weight is 438 g/mol. The third kappa shape index (κ3) is 5.72. The molecule has 0 fully saturated rings. The van der Waals surface area contributed by atoms with Gasteiger partial charge in [-0.05, 0) is 37.3 Å². The van der Waals surface area contributed by atoms with Crippen LogP contribution in [0.2, 0.25) is 0 Å². The Labute approximate surface area is 175 Å². The fraction of sp³-hybridized carbons (Fsp3) is 0.316. The first-order valence-electron chi connectivity index (χ1n) is 9.11. The average Bonchev–Trinajstić information content (AvgIpc) is 3.40. The van der Waals surface area contributed by atoms with E-state index in [4.69, 9.17) is 4.74 Å². The minimum absolute atomic E-state index is 0.146. The molecule has 0 aliphatic rings. The summed E-state index contributed by atoms with van der Waals surface area (Å²) in [6, 6.07) is 9.35. The van der Waals surface area contributed by atoms with E-state index in [-0.39, 0.29) is 6.54 Å². The van der Waals surface area contributed by atoms with E-state index in [9.17, 15) is 13.2 Å². The lowest BCUT2D eigenvalue weighted by molar-refractivity contribution is -0.140. The van der Waals surface area contributed by atoms with E-state index in [2.05, 4.69) is 25.7 Å². The first-order valence-corrected chi connectivity index (χ1v) is 9.99. The molecule has 0 saturated heterocycles. The number of guanidine groups is 1. The molecule has 3 rings (SSSR count). The van der Waals surface area contributed by atoms with Gasteiger partial charge in [0, 0.05) is 18.1 Å². The van der Waals surface area contributed by atoms with Crippen LogP contribution in [-0.2, 0) is 19.3 Å². The van der Waals surface area contributed by atoms with Crippen molar-refractivity contribution in [1.29, 1.82) is 0 Å². The molecule has 7 nitrogen and oxygen atoms in total. The number of aromatic nitrogens is 3. The Bertz CT molecular complexity index is 981. The van der Waals surface area contributed by atoms with Gasteiger partial charge < -0.3 is 15.4 Å². The molecule has 11 heteroatoms. The SMILES string of the molecule is CCNC(=NCc1ccn(-c2ccc(OC)cc2)n1)NCc1nc(C(F)(F)F)cs1. The number of aliphatic imine (C=N–C) groups is 1. The monoisotopic (exact) mass is 438 g/mol. The quantitative estimate of drug-likeness (QED) is 0.435. The molecule has 0 aliphatic heterocycles. The standard InChI is InChI=1S/C19H21F3N6OS/c1-3-23-18(25-11-17-26-16(12-30-17)19(20,21)22)24-10-13-8-9-28(27-13)14-4-6-15(29-2)7-5-14/h4-9,12H,3,10-11H2,1-2H3,(H2,23,24,25). The van der Waals surface area contributed by atoms with Crippen LogP contribution in [0.5, 0.6) is 5.75 Å². The smallest absolute Gasteiger partial charge is 0.434 e. The molecule has 0 amide bonds. The zero-order chi connectivity index (χ0) is 21.6. The molecule has 1 aromatic carbocycles. The molecule has 0 aliphatic carbocycles. The second-order valence-electron chi connectivity index (χ2n) is 6.12. The van der Waals surface area contributed by atoms with Crippen molar-refractivity contribution in [3.63, 3.8) is 0 Å². The first kappa shape index (κ1) is 21.6. The van der Waals surface area contributed by atoms with E-state index in [1.807, 2.05) is 43.5 Å². The van der Waals surface area contributed by atoms with Crippen molar-refractivity contribution in [2.45, 2.75) is 26.2 Å². The predicted octanol–water partition coefficient (Wildman–Crippen LogP) is 3.61. The summed E-state index contributed by atoms with van der Waals surface area (Å²) in [5, 5.41) is 11.9. The maximum atomic E-state index is 12.7. The van der Waals surface area contributed by atoms with Crippen molar-refractivity contribution >= 4 is 17.3 Å². The Balaban J connectivity index is 1.61. The molecule has 0 saturated carbocycles. The van der Waals surface area contributed by atoms with Gasteiger partial charge in [-0.2, -0.15) is 18.3 Å². The summed E-state index contributed by atoms with van der Waals surface area (Å²) in [6.07, 6.45) is -2.60.